The number of fused-ring (bicyclic) bond motifs is 1. The molecule has 4 nitrogen and oxygen atoms in total. The molecule has 1 aliphatic heterocycles. The molecule has 154 valence electrons. The Balaban J connectivity index is 1.84. The minimum atomic E-state index is -0.0389. The first-order chi connectivity index (χ1) is 14.0. The lowest BCUT2D eigenvalue weighted by molar-refractivity contribution is 0.571. The van der Waals surface area contributed by atoms with Gasteiger partial charge in [0.2, 0.25) is 5.95 Å². The number of imidazole rings is 1. The summed E-state index contributed by atoms with van der Waals surface area (Å²) >= 11 is 0. The van der Waals surface area contributed by atoms with Crippen LogP contribution >= 0.6 is 0 Å². The number of piperazine rings is 1. The molecule has 0 unspecified atom stereocenters. The zero-order chi connectivity index (χ0) is 20.5. The number of nitrogens with one attached hydrogen (secondary N) is 1. The van der Waals surface area contributed by atoms with Crippen molar-refractivity contribution in [2.24, 2.45) is 0 Å². The van der Waals surface area contributed by atoms with Crippen molar-refractivity contribution in [3.8, 4) is 0 Å². The van der Waals surface area contributed by atoms with Crippen LogP contribution in [0.5, 0.6) is 0 Å². The summed E-state index contributed by atoms with van der Waals surface area (Å²) in [6, 6.07) is 8.49. The topological polar surface area (TPSA) is 33.1 Å². The van der Waals surface area contributed by atoms with Gasteiger partial charge < -0.3 is 14.8 Å². The quantitative estimate of drug-likeness (QED) is 0.697. The summed E-state index contributed by atoms with van der Waals surface area (Å²) < 4.78 is 16.9. The molecule has 1 aromatic heterocycles. The second kappa shape index (κ2) is 8.15. The normalized spacial score (nSPS) is 14.7. The van der Waals surface area contributed by atoms with Crippen LogP contribution in [0.15, 0.2) is 24.3 Å². The molecule has 0 saturated carbocycles. The average molecular weight is 395 g/mol. The second-order valence-corrected chi connectivity index (χ2v) is 8.10. The smallest absolute Gasteiger partial charge is 0.206 e. The number of anilines is 1. The van der Waals surface area contributed by atoms with Crippen LogP contribution in [0.2, 0.25) is 0 Å². The first-order valence-electron chi connectivity index (χ1n) is 10.7. The lowest BCUT2D eigenvalue weighted by atomic mass is 10.0. The summed E-state index contributed by atoms with van der Waals surface area (Å²) in [6.07, 6.45) is 1.42. The maximum absolute atomic E-state index is 14.6. The molecule has 0 aliphatic carbocycles. The van der Waals surface area contributed by atoms with Gasteiger partial charge in [0.1, 0.15) is 5.82 Å². The number of hydrogen-bond donors (Lipinski definition) is 1. The monoisotopic (exact) mass is 394 g/mol. The lowest BCUT2D eigenvalue weighted by Crippen LogP contribution is -2.44. The van der Waals surface area contributed by atoms with Gasteiger partial charge in [-0.15, -0.1) is 0 Å². The number of halogens is 1. The van der Waals surface area contributed by atoms with E-state index >= 15 is 0 Å². The van der Waals surface area contributed by atoms with Gasteiger partial charge in [0, 0.05) is 26.2 Å². The Morgan fingerprint density at radius 3 is 2.21 bits per heavy atom. The zero-order valence-electron chi connectivity index (χ0n) is 18.0. The Morgan fingerprint density at radius 1 is 0.966 bits per heavy atom. The van der Waals surface area contributed by atoms with E-state index in [1.54, 1.807) is 0 Å². The highest BCUT2D eigenvalue weighted by atomic mass is 19.1. The second-order valence-electron chi connectivity index (χ2n) is 8.10. The van der Waals surface area contributed by atoms with E-state index in [1.165, 1.54) is 11.1 Å². The maximum atomic E-state index is 14.6. The molecule has 2 aromatic carbocycles. The van der Waals surface area contributed by atoms with E-state index in [0.717, 1.165) is 59.9 Å². The van der Waals surface area contributed by atoms with Crippen LogP contribution in [0.1, 0.15) is 41.7 Å². The number of nitrogens with zero attached hydrogens (tertiary/aromatic N) is 3. The molecular formula is C24H31FN4. The Hall–Kier alpha value is -2.40. The summed E-state index contributed by atoms with van der Waals surface area (Å²) in [5, 5.41) is 3.42. The molecule has 1 saturated heterocycles. The molecule has 3 aromatic rings. The van der Waals surface area contributed by atoms with E-state index in [9.17, 15) is 4.39 Å². The SMILES string of the molecule is CCc1cc(Cn2c(N3CCNCC3)nc3cc(C)c(C)cc32)cc(CC)c1F. The molecule has 4 rings (SSSR count). The van der Waals surface area contributed by atoms with Crippen LogP contribution in [0, 0.1) is 19.7 Å². The first kappa shape index (κ1) is 19.9. The van der Waals surface area contributed by atoms with Gasteiger partial charge in [-0.25, -0.2) is 9.37 Å². The average Bonchev–Trinajstić information content (AvgIpc) is 3.07. The molecule has 0 bridgehead atoms. The van der Waals surface area contributed by atoms with E-state index < -0.39 is 0 Å². The summed E-state index contributed by atoms with van der Waals surface area (Å²) in [7, 11) is 0. The van der Waals surface area contributed by atoms with Crippen LogP contribution in [0.3, 0.4) is 0 Å². The minimum Gasteiger partial charge on any atom is -0.340 e. The van der Waals surface area contributed by atoms with Crippen molar-refractivity contribution >= 4 is 17.0 Å². The maximum Gasteiger partial charge on any atom is 0.206 e. The van der Waals surface area contributed by atoms with Crippen LogP contribution in [-0.2, 0) is 19.4 Å². The minimum absolute atomic E-state index is 0.0389. The molecule has 1 aliphatic rings. The molecule has 0 amide bonds. The van der Waals surface area contributed by atoms with Crippen molar-refractivity contribution in [3.05, 3.63) is 57.9 Å². The Morgan fingerprint density at radius 2 is 1.59 bits per heavy atom. The third kappa shape index (κ3) is 3.76. The van der Waals surface area contributed by atoms with Crippen LogP contribution in [0.25, 0.3) is 11.0 Å². The number of benzene rings is 2. The summed E-state index contributed by atoms with van der Waals surface area (Å²) in [5.41, 5.74) is 7.48. The summed E-state index contributed by atoms with van der Waals surface area (Å²) in [6.45, 7) is 12.9. The Bertz CT molecular complexity index is 1010. The number of hydrogen-bond acceptors (Lipinski definition) is 3. The van der Waals surface area contributed by atoms with Crippen LogP contribution < -0.4 is 10.2 Å². The molecule has 0 radical (unpaired) electrons. The molecule has 1 fully saturated rings. The van der Waals surface area contributed by atoms with Gasteiger partial charge >= 0.3 is 0 Å². The molecule has 5 heteroatoms. The Labute approximate surface area is 172 Å². The predicted molar refractivity (Wildman–Crippen MR) is 119 cm³/mol. The lowest BCUT2D eigenvalue weighted by Gasteiger charge is -2.29. The molecule has 2 heterocycles. The van der Waals surface area contributed by atoms with Crippen molar-refractivity contribution in [3.63, 3.8) is 0 Å². The predicted octanol–water partition coefficient (Wildman–Crippen LogP) is 4.37. The fourth-order valence-corrected chi connectivity index (χ4v) is 4.24. The fourth-order valence-electron chi connectivity index (χ4n) is 4.24. The fraction of sp³-hybridized carbons (Fsp3) is 0.458. The highest BCUT2D eigenvalue weighted by Crippen LogP contribution is 2.28. The molecule has 1 N–H and O–H groups in total. The van der Waals surface area contributed by atoms with Gasteiger partial charge in [-0.1, -0.05) is 26.0 Å². The molecular weight excluding hydrogens is 363 g/mol. The van der Waals surface area contributed by atoms with Gasteiger partial charge in [-0.3, -0.25) is 0 Å². The summed E-state index contributed by atoms with van der Waals surface area (Å²) in [4.78, 5) is 7.39. The molecule has 29 heavy (non-hydrogen) atoms. The van der Waals surface area contributed by atoms with Crippen LogP contribution in [0.4, 0.5) is 10.3 Å². The summed E-state index contributed by atoms with van der Waals surface area (Å²) in [5.74, 6) is 0.981. The van der Waals surface area contributed by atoms with Crippen molar-refractivity contribution in [2.45, 2.75) is 47.1 Å². The number of aromatic nitrogens is 2. The van der Waals surface area contributed by atoms with Crippen molar-refractivity contribution < 1.29 is 4.39 Å². The number of rotatable bonds is 5. The van der Waals surface area contributed by atoms with Crippen LogP contribution in [-0.4, -0.2) is 35.7 Å². The Kier molecular flexibility index (Phi) is 5.59. The third-order valence-electron chi connectivity index (χ3n) is 6.13. The van der Waals surface area contributed by atoms with Crippen molar-refractivity contribution in [2.75, 3.05) is 31.1 Å². The van der Waals surface area contributed by atoms with Gasteiger partial charge in [-0.2, -0.15) is 0 Å². The number of aryl methyl sites for hydroxylation is 4. The third-order valence-corrected chi connectivity index (χ3v) is 6.13. The van der Waals surface area contributed by atoms with E-state index in [1.807, 2.05) is 26.0 Å². The zero-order valence-corrected chi connectivity index (χ0v) is 18.0. The van der Waals surface area contributed by atoms with Gasteiger partial charge in [-0.05, 0) is 66.6 Å². The van der Waals surface area contributed by atoms with Gasteiger partial charge in [0.05, 0.1) is 17.6 Å². The van der Waals surface area contributed by atoms with Gasteiger partial charge in [0.15, 0.2) is 0 Å². The van der Waals surface area contributed by atoms with E-state index in [0.29, 0.717) is 19.4 Å². The van der Waals surface area contributed by atoms with Crippen molar-refractivity contribution in [1.29, 1.82) is 0 Å². The van der Waals surface area contributed by atoms with E-state index in [4.69, 9.17) is 4.98 Å². The van der Waals surface area contributed by atoms with E-state index in [-0.39, 0.29) is 5.82 Å². The highest BCUT2D eigenvalue weighted by molar-refractivity contribution is 5.81. The van der Waals surface area contributed by atoms with Crippen molar-refractivity contribution in [1.82, 2.24) is 14.9 Å². The molecule has 0 atom stereocenters. The highest BCUT2D eigenvalue weighted by Gasteiger charge is 2.20. The standard InChI is InChI=1S/C24H31FN4/c1-5-19-13-18(14-20(6-2)23(19)25)15-29-22-12-17(4)16(3)11-21(22)27-24(29)28-9-7-26-8-10-28/h11-14,26H,5-10,15H2,1-4H3. The van der Waals surface area contributed by atoms with Gasteiger partial charge in [0.25, 0.3) is 0 Å². The first-order valence-corrected chi connectivity index (χ1v) is 10.7. The van der Waals surface area contributed by atoms with E-state index in [2.05, 4.69) is 40.8 Å². The molecule has 0 spiro atoms. The largest absolute Gasteiger partial charge is 0.340 e.